The highest BCUT2D eigenvalue weighted by molar-refractivity contribution is 5.94. The molecule has 0 radical (unpaired) electrons. The molecule has 8 nitrogen and oxygen atoms in total. The number of amides is 2. The Morgan fingerprint density at radius 1 is 1.37 bits per heavy atom. The molecular weight excluding hydrogens is 256 g/mol. The van der Waals surface area contributed by atoms with Gasteiger partial charge in [0.05, 0.1) is 20.6 Å². The van der Waals surface area contributed by atoms with E-state index in [-0.39, 0.29) is 18.7 Å². The minimum Gasteiger partial charge on any atom is -0.469 e. The molecule has 2 N–H and O–H groups in total. The van der Waals surface area contributed by atoms with Crippen LogP contribution in [0.15, 0.2) is 0 Å². The molecule has 0 aromatic heterocycles. The van der Waals surface area contributed by atoms with Crippen molar-refractivity contribution in [2.45, 2.75) is 31.3 Å². The summed E-state index contributed by atoms with van der Waals surface area (Å²) in [7, 11) is 2.33. The first-order chi connectivity index (χ1) is 8.97. The van der Waals surface area contributed by atoms with Crippen molar-refractivity contribution >= 4 is 23.8 Å². The summed E-state index contributed by atoms with van der Waals surface area (Å²) in [6.07, 6.45) is 0.296. The Labute approximate surface area is 109 Å². The van der Waals surface area contributed by atoms with Crippen molar-refractivity contribution in [2.24, 2.45) is 0 Å². The molecule has 0 spiro atoms. The highest BCUT2D eigenvalue weighted by atomic mass is 16.5. The Hall–Kier alpha value is -2.12. The quantitative estimate of drug-likeness (QED) is 0.588. The van der Waals surface area contributed by atoms with Crippen LogP contribution in [0.5, 0.6) is 0 Å². The molecule has 0 aliphatic carbocycles. The number of hydrogen-bond acceptors (Lipinski definition) is 6. The number of ether oxygens (including phenoxy) is 2. The lowest BCUT2D eigenvalue weighted by Gasteiger charge is -2.17. The Bertz CT molecular complexity index is 395. The maximum Gasteiger partial charge on any atom is 0.328 e. The van der Waals surface area contributed by atoms with Gasteiger partial charge in [0, 0.05) is 6.42 Å². The predicted molar refractivity (Wildman–Crippen MR) is 61.7 cm³/mol. The number of rotatable bonds is 5. The normalized spacial score (nSPS) is 19.3. The summed E-state index contributed by atoms with van der Waals surface area (Å²) in [5, 5.41) is 4.83. The Morgan fingerprint density at radius 2 is 2.05 bits per heavy atom. The second-order valence-corrected chi connectivity index (χ2v) is 4.02. The summed E-state index contributed by atoms with van der Waals surface area (Å²) in [5.74, 6) is -2.14. The molecule has 2 atom stereocenters. The van der Waals surface area contributed by atoms with Gasteiger partial charge in [-0.1, -0.05) is 0 Å². The third-order valence-corrected chi connectivity index (χ3v) is 2.71. The van der Waals surface area contributed by atoms with Gasteiger partial charge in [-0.3, -0.25) is 14.4 Å². The standard InChI is InChI=1S/C11H16N2O6/c1-18-9(15)5-7(11(17)19-2)13-10(16)6-3-4-8(14)12-6/h6-7H,3-5H2,1-2H3,(H,12,14)(H,13,16)/t6-,7+/m0/s1. The highest BCUT2D eigenvalue weighted by Crippen LogP contribution is 2.07. The molecule has 1 saturated heterocycles. The van der Waals surface area contributed by atoms with E-state index < -0.39 is 29.9 Å². The van der Waals surface area contributed by atoms with E-state index in [1.165, 1.54) is 7.11 Å². The van der Waals surface area contributed by atoms with Crippen molar-refractivity contribution in [2.75, 3.05) is 14.2 Å². The van der Waals surface area contributed by atoms with Crippen LogP contribution >= 0.6 is 0 Å². The zero-order chi connectivity index (χ0) is 14.4. The number of methoxy groups -OCH3 is 2. The number of hydrogen-bond donors (Lipinski definition) is 2. The van der Waals surface area contributed by atoms with E-state index in [1.54, 1.807) is 0 Å². The van der Waals surface area contributed by atoms with E-state index in [9.17, 15) is 19.2 Å². The summed E-state index contributed by atoms with van der Waals surface area (Å²) in [4.78, 5) is 45.4. The topological polar surface area (TPSA) is 111 Å². The highest BCUT2D eigenvalue weighted by Gasteiger charge is 2.31. The van der Waals surface area contributed by atoms with Crippen LogP contribution in [0.1, 0.15) is 19.3 Å². The van der Waals surface area contributed by atoms with Gasteiger partial charge in [-0.05, 0) is 6.42 Å². The van der Waals surface area contributed by atoms with Crippen LogP contribution in [0.3, 0.4) is 0 Å². The summed E-state index contributed by atoms with van der Waals surface area (Å²) in [6, 6.07) is -1.81. The fraction of sp³-hybridized carbons (Fsp3) is 0.636. The van der Waals surface area contributed by atoms with Crippen molar-refractivity contribution in [3.05, 3.63) is 0 Å². The average molecular weight is 272 g/mol. The second-order valence-electron chi connectivity index (χ2n) is 4.02. The van der Waals surface area contributed by atoms with Crippen molar-refractivity contribution in [1.29, 1.82) is 0 Å². The van der Waals surface area contributed by atoms with Gasteiger partial charge in [0.2, 0.25) is 11.8 Å². The number of nitrogens with one attached hydrogen (secondary N) is 2. The molecule has 1 fully saturated rings. The molecule has 0 aromatic carbocycles. The molecule has 0 aromatic rings. The van der Waals surface area contributed by atoms with Crippen LogP contribution in [-0.4, -0.2) is 50.1 Å². The van der Waals surface area contributed by atoms with E-state index in [2.05, 4.69) is 20.1 Å². The molecule has 1 heterocycles. The SMILES string of the molecule is COC(=O)C[C@@H](NC(=O)[C@@H]1CCC(=O)N1)C(=O)OC. The van der Waals surface area contributed by atoms with Gasteiger partial charge >= 0.3 is 11.9 Å². The molecule has 0 saturated carbocycles. The third kappa shape index (κ3) is 4.23. The minimum absolute atomic E-state index is 0.220. The molecular formula is C11H16N2O6. The van der Waals surface area contributed by atoms with Gasteiger partial charge in [0.25, 0.3) is 0 Å². The van der Waals surface area contributed by atoms with Crippen molar-refractivity contribution in [3.63, 3.8) is 0 Å². The van der Waals surface area contributed by atoms with Gasteiger partial charge < -0.3 is 20.1 Å². The molecule has 1 aliphatic heterocycles. The smallest absolute Gasteiger partial charge is 0.328 e. The van der Waals surface area contributed by atoms with Crippen LogP contribution in [-0.2, 0) is 28.7 Å². The van der Waals surface area contributed by atoms with Gasteiger partial charge in [0.1, 0.15) is 12.1 Å². The first-order valence-electron chi connectivity index (χ1n) is 5.72. The number of carbonyl (C=O) groups is 4. The zero-order valence-electron chi connectivity index (χ0n) is 10.7. The summed E-state index contributed by atoms with van der Waals surface area (Å²) < 4.78 is 8.93. The third-order valence-electron chi connectivity index (χ3n) is 2.71. The molecule has 0 bridgehead atoms. The maximum atomic E-state index is 11.8. The van der Waals surface area contributed by atoms with E-state index in [0.717, 1.165) is 7.11 Å². The Balaban J connectivity index is 2.61. The van der Waals surface area contributed by atoms with Gasteiger partial charge in [-0.15, -0.1) is 0 Å². The lowest BCUT2D eigenvalue weighted by atomic mass is 10.1. The monoisotopic (exact) mass is 272 g/mol. The first kappa shape index (κ1) is 14.9. The maximum absolute atomic E-state index is 11.8. The molecule has 0 unspecified atom stereocenters. The largest absolute Gasteiger partial charge is 0.469 e. The summed E-state index contributed by atoms with van der Waals surface area (Å²) in [6.45, 7) is 0. The minimum atomic E-state index is -1.12. The van der Waals surface area contributed by atoms with E-state index in [1.807, 2.05) is 0 Å². The Kier molecular flexibility index (Phi) is 5.28. The molecule has 8 heteroatoms. The summed E-state index contributed by atoms with van der Waals surface area (Å²) >= 11 is 0. The lowest BCUT2D eigenvalue weighted by molar-refractivity contribution is -0.150. The van der Waals surface area contributed by atoms with Crippen molar-refractivity contribution < 1.29 is 28.7 Å². The molecule has 106 valence electrons. The van der Waals surface area contributed by atoms with Crippen LogP contribution in [0.25, 0.3) is 0 Å². The van der Waals surface area contributed by atoms with Crippen LogP contribution < -0.4 is 10.6 Å². The fourth-order valence-corrected chi connectivity index (χ4v) is 1.67. The van der Waals surface area contributed by atoms with Gasteiger partial charge in [-0.2, -0.15) is 0 Å². The number of carbonyl (C=O) groups excluding carboxylic acids is 4. The van der Waals surface area contributed by atoms with Crippen LogP contribution in [0.2, 0.25) is 0 Å². The van der Waals surface area contributed by atoms with Crippen molar-refractivity contribution in [3.8, 4) is 0 Å². The molecule has 19 heavy (non-hydrogen) atoms. The van der Waals surface area contributed by atoms with E-state index in [4.69, 9.17) is 0 Å². The molecule has 1 rings (SSSR count). The van der Waals surface area contributed by atoms with Crippen LogP contribution in [0.4, 0.5) is 0 Å². The van der Waals surface area contributed by atoms with Gasteiger partial charge in [-0.25, -0.2) is 4.79 Å². The van der Waals surface area contributed by atoms with E-state index >= 15 is 0 Å². The Morgan fingerprint density at radius 3 is 2.53 bits per heavy atom. The lowest BCUT2D eigenvalue weighted by Crippen LogP contribution is -2.49. The van der Waals surface area contributed by atoms with Crippen molar-refractivity contribution in [1.82, 2.24) is 10.6 Å². The predicted octanol–water partition coefficient (Wildman–Crippen LogP) is -1.51. The fourth-order valence-electron chi connectivity index (χ4n) is 1.67. The average Bonchev–Trinajstić information content (AvgIpc) is 2.83. The molecule has 2 amide bonds. The molecule has 1 aliphatic rings. The van der Waals surface area contributed by atoms with Crippen LogP contribution in [0, 0.1) is 0 Å². The summed E-state index contributed by atoms with van der Waals surface area (Å²) in [5.41, 5.74) is 0. The zero-order valence-corrected chi connectivity index (χ0v) is 10.7. The number of esters is 2. The second kappa shape index (κ2) is 6.72. The van der Waals surface area contributed by atoms with Gasteiger partial charge in [0.15, 0.2) is 0 Å². The van der Waals surface area contributed by atoms with E-state index in [0.29, 0.717) is 6.42 Å². The first-order valence-corrected chi connectivity index (χ1v) is 5.72.